The molecule has 2 N–H and O–H groups in total. The topological polar surface area (TPSA) is 64.7 Å². The summed E-state index contributed by atoms with van der Waals surface area (Å²) in [5, 5.41) is 1.07. The second-order valence-electron chi connectivity index (χ2n) is 4.51. The van der Waals surface area contributed by atoms with Gasteiger partial charge in [0.25, 0.3) is 0 Å². The van der Waals surface area contributed by atoms with Gasteiger partial charge >= 0.3 is 0 Å². The van der Waals surface area contributed by atoms with Gasteiger partial charge in [-0.15, -0.1) is 0 Å². The Kier molecular flexibility index (Phi) is 2.63. The molecule has 0 aliphatic carbocycles. The molecule has 0 unspecified atom stereocenters. The van der Waals surface area contributed by atoms with E-state index in [0.717, 1.165) is 27.9 Å². The van der Waals surface area contributed by atoms with Crippen molar-refractivity contribution in [2.24, 2.45) is 0 Å². The van der Waals surface area contributed by atoms with Crippen LogP contribution in [0.4, 0.5) is 5.82 Å². The molecule has 4 heteroatoms. The summed E-state index contributed by atoms with van der Waals surface area (Å²) < 4.78 is 0. The van der Waals surface area contributed by atoms with Crippen LogP contribution in [0.5, 0.6) is 0 Å². The van der Waals surface area contributed by atoms with Gasteiger partial charge in [0.1, 0.15) is 11.5 Å². The van der Waals surface area contributed by atoms with Gasteiger partial charge in [-0.1, -0.05) is 24.3 Å². The van der Waals surface area contributed by atoms with E-state index in [1.807, 2.05) is 44.2 Å². The number of anilines is 1. The predicted octanol–water partition coefficient (Wildman–Crippen LogP) is 2.89. The van der Waals surface area contributed by atoms with Crippen molar-refractivity contribution >= 4 is 16.7 Å². The minimum atomic E-state index is 0.446. The lowest BCUT2D eigenvalue weighted by Gasteiger charge is -2.09. The molecule has 0 atom stereocenters. The minimum absolute atomic E-state index is 0.446. The van der Waals surface area contributed by atoms with Crippen molar-refractivity contribution in [3.63, 3.8) is 0 Å². The number of hydrogen-bond acceptors (Lipinski definition) is 4. The highest BCUT2D eigenvalue weighted by molar-refractivity contribution is 5.94. The predicted molar refractivity (Wildman–Crippen MR) is 76.7 cm³/mol. The van der Waals surface area contributed by atoms with Gasteiger partial charge in [-0.25, -0.2) is 9.97 Å². The van der Waals surface area contributed by atoms with Crippen molar-refractivity contribution in [1.29, 1.82) is 0 Å². The second-order valence-corrected chi connectivity index (χ2v) is 4.51. The molecule has 0 saturated heterocycles. The van der Waals surface area contributed by atoms with E-state index in [1.54, 1.807) is 6.20 Å². The van der Waals surface area contributed by atoms with Crippen LogP contribution in [0.15, 0.2) is 36.5 Å². The molecule has 94 valence electrons. The molecular weight excluding hydrogens is 236 g/mol. The number of nitrogen functional groups attached to an aromatic ring is 1. The number of nitrogens with two attached hydrogens (primary N) is 1. The third-order valence-electron chi connectivity index (χ3n) is 3.22. The van der Waals surface area contributed by atoms with Crippen LogP contribution in [0.2, 0.25) is 0 Å². The Hall–Kier alpha value is -2.49. The highest BCUT2D eigenvalue weighted by Gasteiger charge is 2.12. The summed E-state index contributed by atoms with van der Waals surface area (Å²) in [6, 6.07) is 9.93. The standard InChI is InChI=1S/C15H14N4/c1-9-10(2)19-15(16)14(18-9)12-7-3-5-11-6-4-8-17-13(11)12/h3-8H,1-2H3,(H2,16,19). The first kappa shape index (κ1) is 11.6. The fourth-order valence-electron chi connectivity index (χ4n) is 2.11. The SMILES string of the molecule is Cc1nc(N)c(-c2cccc3cccnc23)nc1C. The van der Waals surface area contributed by atoms with E-state index < -0.39 is 0 Å². The quantitative estimate of drug-likeness (QED) is 0.721. The molecule has 0 fully saturated rings. The zero-order chi connectivity index (χ0) is 13.4. The first-order valence-corrected chi connectivity index (χ1v) is 6.11. The summed E-state index contributed by atoms with van der Waals surface area (Å²) in [7, 11) is 0. The lowest BCUT2D eigenvalue weighted by molar-refractivity contribution is 1.06. The molecule has 0 saturated carbocycles. The van der Waals surface area contributed by atoms with Gasteiger partial charge in [0, 0.05) is 17.1 Å². The third-order valence-corrected chi connectivity index (χ3v) is 3.22. The molecule has 0 spiro atoms. The average molecular weight is 250 g/mol. The Labute approximate surface area is 111 Å². The molecule has 0 aliphatic heterocycles. The smallest absolute Gasteiger partial charge is 0.150 e. The molecular formula is C15H14N4. The van der Waals surface area contributed by atoms with E-state index in [2.05, 4.69) is 15.0 Å². The number of aryl methyl sites for hydroxylation is 2. The monoisotopic (exact) mass is 250 g/mol. The summed E-state index contributed by atoms with van der Waals surface area (Å²) in [6.07, 6.45) is 1.77. The van der Waals surface area contributed by atoms with E-state index in [4.69, 9.17) is 5.73 Å². The average Bonchev–Trinajstić information content (AvgIpc) is 2.42. The van der Waals surface area contributed by atoms with E-state index in [1.165, 1.54) is 0 Å². The second kappa shape index (κ2) is 4.31. The van der Waals surface area contributed by atoms with Gasteiger partial charge < -0.3 is 5.73 Å². The molecule has 4 nitrogen and oxygen atoms in total. The van der Waals surface area contributed by atoms with Crippen molar-refractivity contribution in [3.8, 4) is 11.3 Å². The normalized spacial score (nSPS) is 10.8. The molecule has 1 aromatic carbocycles. The van der Waals surface area contributed by atoms with Crippen LogP contribution in [0, 0.1) is 13.8 Å². The molecule has 19 heavy (non-hydrogen) atoms. The summed E-state index contributed by atoms with van der Waals surface area (Å²) >= 11 is 0. The molecule has 2 aromatic heterocycles. The molecule has 0 amide bonds. The van der Waals surface area contributed by atoms with Gasteiger partial charge in [0.15, 0.2) is 0 Å². The third kappa shape index (κ3) is 1.91. The number of nitrogens with zero attached hydrogens (tertiary/aromatic N) is 3. The van der Waals surface area contributed by atoms with Gasteiger partial charge in [-0.3, -0.25) is 4.98 Å². The largest absolute Gasteiger partial charge is 0.382 e. The van der Waals surface area contributed by atoms with Crippen LogP contribution < -0.4 is 5.73 Å². The Morgan fingerprint density at radius 1 is 0.947 bits per heavy atom. The first-order chi connectivity index (χ1) is 9.16. The number of pyridine rings is 1. The molecule has 3 rings (SSSR count). The van der Waals surface area contributed by atoms with Crippen molar-refractivity contribution in [2.45, 2.75) is 13.8 Å². The van der Waals surface area contributed by atoms with Crippen LogP contribution >= 0.6 is 0 Å². The summed E-state index contributed by atoms with van der Waals surface area (Å²) in [4.78, 5) is 13.3. The number of hydrogen-bond donors (Lipinski definition) is 1. The minimum Gasteiger partial charge on any atom is -0.382 e. The van der Waals surface area contributed by atoms with E-state index in [-0.39, 0.29) is 0 Å². The van der Waals surface area contributed by atoms with Crippen molar-refractivity contribution in [2.75, 3.05) is 5.73 Å². The maximum atomic E-state index is 6.01. The van der Waals surface area contributed by atoms with Gasteiger partial charge in [-0.05, 0) is 19.9 Å². The van der Waals surface area contributed by atoms with Crippen molar-refractivity contribution in [1.82, 2.24) is 15.0 Å². The van der Waals surface area contributed by atoms with Crippen LogP contribution in [0.25, 0.3) is 22.2 Å². The van der Waals surface area contributed by atoms with Gasteiger partial charge in [0.05, 0.1) is 16.9 Å². The van der Waals surface area contributed by atoms with Crippen LogP contribution in [0.3, 0.4) is 0 Å². The Morgan fingerprint density at radius 3 is 2.53 bits per heavy atom. The summed E-state index contributed by atoms with van der Waals surface area (Å²) in [6.45, 7) is 3.84. The first-order valence-electron chi connectivity index (χ1n) is 6.11. The maximum absolute atomic E-state index is 6.01. The highest BCUT2D eigenvalue weighted by atomic mass is 14.9. The molecule has 0 bridgehead atoms. The van der Waals surface area contributed by atoms with Crippen LogP contribution in [0.1, 0.15) is 11.4 Å². The zero-order valence-corrected chi connectivity index (χ0v) is 10.9. The van der Waals surface area contributed by atoms with Gasteiger partial charge in [0.2, 0.25) is 0 Å². The fraction of sp³-hybridized carbons (Fsp3) is 0.133. The van der Waals surface area contributed by atoms with Gasteiger partial charge in [-0.2, -0.15) is 0 Å². The number of fused-ring (bicyclic) bond motifs is 1. The maximum Gasteiger partial charge on any atom is 0.150 e. The molecule has 0 radical (unpaired) electrons. The number of benzene rings is 1. The number of rotatable bonds is 1. The van der Waals surface area contributed by atoms with E-state index >= 15 is 0 Å². The lowest BCUT2D eigenvalue weighted by Crippen LogP contribution is -2.02. The van der Waals surface area contributed by atoms with E-state index in [9.17, 15) is 0 Å². The highest BCUT2D eigenvalue weighted by Crippen LogP contribution is 2.29. The molecule has 3 aromatic rings. The zero-order valence-electron chi connectivity index (χ0n) is 10.9. The molecule has 2 heterocycles. The number of aromatic nitrogens is 3. The van der Waals surface area contributed by atoms with Crippen molar-refractivity contribution in [3.05, 3.63) is 47.9 Å². The summed E-state index contributed by atoms with van der Waals surface area (Å²) in [5.74, 6) is 0.446. The lowest BCUT2D eigenvalue weighted by atomic mass is 10.1. The van der Waals surface area contributed by atoms with Crippen LogP contribution in [-0.4, -0.2) is 15.0 Å². The Balaban J connectivity index is 2.33. The summed E-state index contributed by atoms with van der Waals surface area (Å²) in [5.41, 5.74) is 10.3. The van der Waals surface area contributed by atoms with Crippen molar-refractivity contribution < 1.29 is 0 Å². The molecule has 0 aliphatic rings. The van der Waals surface area contributed by atoms with Crippen LogP contribution in [-0.2, 0) is 0 Å². The Morgan fingerprint density at radius 2 is 1.68 bits per heavy atom. The number of para-hydroxylation sites is 1. The fourth-order valence-corrected chi connectivity index (χ4v) is 2.11. The van der Waals surface area contributed by atoms with E-state index in [0.29, 0.717) is 11.5 Å². The Bertz CT molecular complexity index is 760.